The van der Waals surface area contributed by atoms with E-state index in [4.69, 9.17) is 5.84 Å². The summed E-state index contributed by atoms with van der Waals surface area (Å²) < 4.78 is 0. The second kappa shape index (κ2) is 18.8. The molecule has 0 aromatic rings. The van der Waals surface area contributed by atoms with E-state index in [1.807, 2.05) is 0 Å². The lowest BCUT2D eigenvalue weighted by molar-refractivity contribution is 0.150. The van der Waals surface area contributed by atoms with Crippen LogP contribution in [0.15, 0.2) is 0 Å². The SMILES string of the molecule is CCCC(O)CCCCCCCCCCCCCNNNN. The smallest absolute Gasteiger partial charge is 0.0540 e. The topological polar surface area (TPSA) is 82.3 Å². The normalized spacial score (nSPS) is 12.7. The van der Waals surface area contributed by atoms with Crippen LogP contribution in [0.3, 0.4) is 0 Å². The monoisotopic (exact) mass is 316 g/mol. The minimum Gasteiger partial charge on any atom is -0.393 e. The van der Waals surface area contributed by atoms with Gasteiger partial charge in [-0.05, 0) is 19.3 Å². The zero-order valence-corrected chi connectivity index (χ0v) is 14.7. The van der Waals surface area contributed by atoms with Gasteiger partial charge in [0.25, 0.3) is 0 Å². The molecule has 0 radical (unpaired) electrons. The van der Waals surface area contributed by atoms with Crippen LogP contribution in [-0.2, 0) is 0 Å². The molecule has 0 fully saturated rings. The van der Waals surface area contributed by atoms with Crippen molar-refractivity contribution in [3.05, 3.63) is 0 Å². The number of rotatable bonds is 18. The first-order chi connectivity index (χ1) is 10.8. The molecule has 22 heavy (non-hydrogen) atoms. The Kier molecular flexibility index (Phi) is 18.7. The third-order valence-corrected chi connectivity index (χ3v) is 4.12. The second-order valence-electron chi connectivity index (χ2n) is 6.32. The highest BCUT2D eigenvalue weighted by atomic mass is 16.3. The maximum Gasteiger partial charge on any atom is 0.0540 e. The van der Waals surface area contributed by atoms with Gasteiger partial charge in [-0.3, -0.25) is 5.84 Å². The van der Waals surface area contributed by atoms with E-state index >= 15 is 0 Å². The van der Waals surface area contributed by atoms with Crippen LogP contribution in [0.5, 0.6) is 0 Å². The van der Waals surface area contributed by atoms with Gasteiger partial charge in [0.05, 0.1) is 6.10 Å². The van der Waals surface area contributed by atoms with Gasteiger partial charge in [0.1, 0.15) is 0 Å². The summed E-state index contributed by atoms with van der Waals surface area (Å²) in [5.41, 5.74) is 8.00. The second-order valence-corrected chi connectivity index (χ2v) is 6.32. The number of hydrazine groups is 3. The van der Waals surface area contributed by atoms with Gasteiger partial charge in [-0.1, -0.05) is 77.6 Å². The molecular weight excluding hydrogens is 276 g/mol. The maximum atomic E-state index is 9.64. The van der Waals surface area contributed by atoms with Crippen LogP contribution in [0.25, 0.3) is 0 Å². The van der Waals surface area contributed by atoms with Crippen molar-refractivity contribution in [3.63, 3.8) is 0 Å². The van der Waals surface area contributed by atoms with E-state index in [0.29, 0.717) is 0 Å². The highest BCUT2D eigenvalue weighted by Crippen LogP contribution is 2.13. The summed E-state index contributed by atoms with van der Waals surface area (Å²) >= 11 is 0. The van der Waals surface area contributed by atoms with Crippen LogP contribution in [0.1, 0.15) is 96.8 Å². The number of unbranched alkanes of at least 4 members (excludes halogenated alkanes) is 10. The first kappa shape index (κ1) is 21.8. The predicted octanol–water partition coefficient (Wildman–Crippen LogP) is 3.30. The fraction of sp³-hybridized carbons (Fsp3) is 1.00. The van der Waals surface area contributed by atoms with Gasteiger partial charge in [-0.15, -0.1) is 0 Å². The Morgan fingerprint density at radius 3 is 1.77 bits per heavy atom. The standard InChI is InChI=1S/C17H40N4O/c1-2-14-17(22)15-12-10-8-6-4-3-5-7-9-11-13-16-19-21-20-18/h17,19-22H,2-16,18H2,1H3. The summed E-state index contributed by atoms with van der Waals surface area (Å²) in [5, 5.41) is 9.64. The lowest BCUT2D eigenvalue weighted by Crippen LogP contribution is -2.47. The molecule has 6 N–H and O–H groups in total. The lowest BCUT2D eigenvalue weighted by atomic mass is 10.0. The van der Waals surface area contributed by atoms with Crippen molar-refractivity contribution in [1.82, 2.24) is 16.5 Å². The van der Waals surface area contributed by atoms with E-state index in [1.165, 1.54) is 70.6 Å². The third kappa shape index (κ3) is 17.9. The van der Waals surface area contributed by atoms with Crippen molar-refractivity contribution in [1.29, 1.82) is 0 Å². The first-order valence-corrected chi connectivity index (χ1v) is 9.42. The highest BCUT2D eigenvalue weighted by Gasteiger charge is 2.01. The van der Waals surface area contributed by atoms with Gasteiger partial charge in [0.15, 0.2) is 0 Å². The van der Waals surface area contributed by atoms with E-state index in [2.05, 4.69) is 23.4 Å². The van der Waals surface area contributed by atoms with E-state index in [-0.39, 0.29) is 6.10 Å². The third-order valence-electron chi connectivity index (χ3n) is 4.12. The quantitative estimate of drug-likeness (QED) is 0.152. The fourth-order valence-electron chi connectivity index (χ4n) is 2.78. The predicted molar refractivity (Wildman–Crippen MR) is 94.8 cm³/mol. The summed E-state index contributed by atoms with van der Waals surface area (Å²) in [6.07, 6.45) is 17.5. The molecule has 5 nitrogen and oxygen atoms in total. The Labute approximate surface area is 137 Å². The summed E-state index contributed by atoms with van der Waals surface area (Å²) in [7, 11) is 0. The lowest BCUT2D eigenvalue weighted by Gasteiger charge is -2.08. The van der Waals surface area contributed by atoms with Crippen molar-refractivity contribution in [2.24, 2.45) is 5.84 Å². The summed E-state index contributed by atoms with van der Waals surface area (Å²) in [4.78, 5) is 0. The molecule has 0 amide bonds. The van der Waals surface area contributed by atoms with Gasteiger partial charge >= 0.3 is 0 Å². The van der Waals surface area contributed by atoms with Crippen LogP contribution >= 0.6 is 0 Å². The Morgan fingerprint density at radius 2 is 1.27 bits per heavy atom. The van der Waals surface area contributed by atoms with E-state index in [0.717, 1.165) is 25.8 Å². The van der Waals surface area contributed by atoms with Crippen molar-refractivity contribution in [2.75, 3.05) is 6.54 Å². The van der Waals surface area contributed by atoms with Crippen LogP contribution in [-0.4, -0.2) is 17.8 Å². The molecule has 134 valence electrons. The molecule has 5 heteroatoms. The summed E-state index contributed by atoms with van der Waals surface area (Å²) in [6.45, 7) is 3.09. The van der Waals surface area contributed by atoms with Crippen molar-refractivity contribution in [2.45, 2.75) is 103 Å². The number of aliphatic hydroxyl groups is 1. The zero-order valence-electron chi connectivity index (χ0n) is 14.7. The minimum absolute atomic E-state index is 0.0532. The van der Waals surface area contributed by atoms with Crippen LogP contribution in [0.4, 0.5) is 0 Å². The molecule has 1 atom stereocenters. The molecular formula is C17H40N4O. The molecule has 0 spiro atoms. The number of nitrogens with two attached hydrogens (primary N) is 1. The average molecular weight is 317 g/mol. The molecule has 0 aromatic heterocycles. The molecule has 0 aromatic carbocycles. The van der Waals surface area contributed by atoms with Crippen molar-refractivity contribution >= 4 is 0 Å². The average Bonchev–Trinajstić information content (AvgIpc) is 2.51. The van der Waals surface area contributed by atoms with E-state index in [1.54, 1.807) is 0 Å². The van der Waals surface area contributed by atoms with E-state index < -0.39 is 0 Å². The number of hydrogen-bond acceptors (Lipinski definition) is 5. The molecule has 0 saturated heterocycles. The Hall–Kier alpha value is -0.200. The number of aliphatic hydroxyl groups excluding tert-OH is 1. The Bertz CT molecular complexity index is 205. The van der Waals surface area contributed by atoms with Crippen LogP contribution in [0.2, 0.25) is 0 Å². The van der Waals surface area contributed by atoms with Gasteiger partial charge in [0, 0.05) is 6.54 Å². The first-order valence-electron chi connectivity index (χ1n) is 9.42. The van der Waals surface area contributed by atoms with Gasteiger partial charge in [0.2, 0.25) is 0 Å². The molecule has 0 aliphatic rings. The molecule has 0 rings (SSSR count). The van der Waals surface area contributed by atoms with Gasteiger partial charge < -0.3 is 5.11 Å². The van der Waals surface area contributed by atoms with Crippen molar-refractivity contribution < 1.29 is 5.11 Å². The molecule has 0 aliphatic carbocycles. The Balaban J connectivity index is 3.00. The molecule has 0 aliphatic heterocycles. The number of hydrogen-bond donors (Lipinski definition) is 5. The van der Waals surface area contributed by atoms with Crippen LogP contribution < -0.4 is 22.3 Å². The zero-order chi connectivity index (χ0) is 16.3. The molecule has 0 bridgehead atoms. The molecule has 1 unspecified atom stereocenters. The highest BCUT2D eigenvalue weighted by molar-refractivity contribution is 4.55. The maximum absolute atomic E-state index is 9.64. The van der Waals surface area contributed by atoms with Crippen molar-refractivity contribution in [3.8, 4) is 0 Å². The Morgan fingerprint density at radius 1 is 0.773 bits per heavy atom. The molecule has 0 saturated carbocycles. The summed E-state index contributed by atoms with van der Waals surface area (Å²) in [6, 6.07) is 0. The largest absolute Gasteiger partial charge is 0.393 e. The molecule has 0 heterocycles. The minimum atomic E-state index is -0.0532. The van der Waals surface area contributed by atoms with Crippen LogP contribution in [0, 0.1) is 0 Å². The summed E-state index contributed by atoms with van der Waals surface area (Å²) in [5.74, 6) is 5.07. The van der Waals surface area contributed by atoms with Gasteiger partial charge in [-0.25, -0.2) is 5.43 Å². The number of nitrogens with one attached hydrogen (secondary N) is 3. The van der Waals surface area contributed by atoms with E-state index in [9.17, 15) is 5.11 Å². The fourth-order valence-corrected chi connectivity index (χ4v) is 2.78. The van der Waals surface area contributed by atoms with Gasteiger partial charge in [-0.2, -0.15) is 11.1 Å².